The molecule has 1 aromatic heterocycles. The molecule has 0 spiro atoms. The molecule has 9 heteroatoms. The molecule has 1 aromatic carbocycles. The predicted molar refractivity (Wildman–Crippen MR) is 128 cm³/mol. The first-order chi connectivity index (χ1) is 14.2. The van der Waals surface area contributed by atoms with Gasteiger partial charge < -0.3 is 24.2 Å². The van der Waals surface area contributed by atoms with Gasteiger partial charge >= 0.3 is 0 Å². The lowest BCUT2D eigenvalue weighted by Crippen LogP contribution is -2.52. The molecule has 0 atom stereocenters. The van der Waals surface area contributed by atoms with E-state index in [9.17, 15) is 0 Å². The molecule has 166 valence electrons. The summed E-state index contributed by atoms with van der Waals surface area (Å²) in [6.07, 6.45) is 0.873. The van der Waals surface area contributed by atoms with Crippen LogP contribution in [0.3, 0.4) is 0 Å². The zero-order valence-electron chi connectivity index (χ0n) is 18.2. The molecule has 1 saturated heterocycles. The molecule has 30 heavy (non-hydrogen) atoms. The highest BCUT2D eigenvalue weighted by Crippen LogP contribution is 2.25. The smallest absolute Gasteiger partial charge is 0.194 e. The van der Waals surface area contributed by atoms with Gasteiger partial charge in [-0.2, -0.15) is 0 Å². The van der Waals surface area contributed by atoms with Crippen LogP contribution in [0.1, 0.15) is 23.9 Å². The lowest BCUT2D eigenvalue weighted by molar-refractivity contribution is 0.170. The number of hydrogen-bond donors (Lipinski definition) is 1. The molecule has 0 unspecified atom stereocenters. The van der Waals surface area contributed by atoms with Crippen molar-refractivity contribution in [3.63, 3.8) is 0 Å². The number of aryl methyl sites for hydroxylation is 1. The summed E-state index contributed by atoms with van der Waals surface area (Å²) in [6, 6.07) is 7.92. The second-order valence-corrected chi connectivity index (χ2v) is 6.98. The van der Waals surface area contributed by atoms with Crippen molar-refractivity contribution in [3.05, 3.63) is 41.3 Å². The van der Waals surface area contributed by atoms with Gasteiger partial charge in [-0.15, -0.1) is 24.0 Å². The lowest BCUT2D eigenvalue weighted by atomic mass is 10.1. The first-order valence-corrected chi connectivity index (χ1v) is 10.00. The Morgan fingerprint density at radius 2 is 1.93 bits per heavy atom. The zero-order valence-corrected chi connectivity index (χ0v) is 20.5. The normalized spacial score (nSPS) is 14.9. The molecule has 2 aromatic rings. The van der Waals surface area contributed by atoms with Crippen molar-refractivity contribution in [2.24, 2.45) is 4.99 Å². The van der Waals surface area contributed by atoms with Crippen LogP contribution in [0.5, 0.6) is 11.5 Å². The fourth-order valence-corrected chi connectivity index (χ4v) is 3.47. The standard InChI is InChI=1S/C21H31N5O3.HI/c1-5-17-13-19(29-24-17)14-23-21(22-2)26-10-8-25(9-11-26)15-16-12-18(27-3)6-7-20(16)28-4;/h6-7,12-13H,5,8-11,14-15H2,1-4H3,(H,22,23);1H. The van der Waals surface area contributed by atoms with E-state index in [0.29, 0.717) is 6.54 Å². The topological polar surface area (TPSA) is 75.4 Å². The molecule has 1 aliphatic heterocycles. The van der Waals surface area contributed by atoms with Crippen molar-refractivity contribution in [1.82, 2.24) is 20.3 Å². The molecule has 0 radical (unpaired) electrons. The average molecular weight is 529 g/mol. The van der Waals surface area contributed by atoms with Gasteiger partial charge in [0.15, 0.2) is 11.7 Å². The minimum absolute atomic E-state index is 0. The third-order valence-corrected chi connectivity index (χ3v) is 5.16. The maximum Gasteiger partial charge on any atom is 0.194 e. The number of piperazine rings is 1. The highest BCUT2D eigenvalue weighted by atomic mass is 127. The van der Waals surface area contributed by atoms with Crippen LogP contribution in [-0.2, 0) is 19.5 Å². The summed E-state index contributed by atoms with van der Waals surface area (Å²) in [6.45, 7) is 7.19. The Balaban J connectivity index is 0.00000320. The minimum Gasteiger partial charge on any atom is -0.497 e. The molecule has 1 N–H and O–H groups in total. The largest absolute Gasteiger partial charge is 0.497 e. The van der Waals surface area contributed by atoms with E-state index in [1.54, 1.807) is 14.2 Å². The first kappa shape index (κ1) is 24.3. The van der Waals surface area contributed by atoms with Gasteiger partial charge in [0.05, 0.1) is 26.5 Å². The molecule has 1 aliphatic rings. The van der Waals surface area contributed by atoms with Crippen molar-refractivity contribution in [2.75, 3.05) is 47.4 Å². The third kappa shape index (κ3) is 6.24. The number of halogens is 1. The van der Waals surface area contributed by atoms with Gasteiger partial charge in [0.2, 0.25) is 0 Å². The van der Waals surface area contributed by atoms with Crippen molar-refractivity contribution >= 4 is 29.9 Å². The van der Waals surface area contributed by atoms with E-state index in [4.69, 9.17) is 14.0 Å². The lowest BCUT2D eigenvalue weighted by Gasteiger charge is -2.36. The Morgan fingerprint density at radius 1 is 1.17 bits per heavy atom. The Hall–Kier alpha value is -2.01. The van der Waals surface area contributed by atoms with Gasteiger partial charge in [-0.05, 0) is 24.6 Å². The number of ether oxygens (including phenoxy) is 2. The summed E-state index contributed by atoms with van der Waals surface area (Å²) < 4.78 is 16.2. The van der Waals surface area contributed by atoms with E-state index in [-0.39, 0.29) is 24.0 Å². The summed E-state index contributed by atoms with van der Waals surface area (Å²) in [7, 11) is 5.20. The average Bonchev–Trinajstić information content (AvgIpc) is 3.23. The number of aliphatic imine (C=N–C) groups is 1. The van der Waals surface area contributed by atoms with E-state index >= 15 is 0 Å². The van der Waals surface area contributed by atoms with Crippen LogP contribution >= 0.6 is 24.0 Å². The minimum atomic E-state index is 0. The molecule has 2 heterocycles. The van der Waals surface area contributed by atoms with Gasteiger partial charge in [0, 0.05) is 51.4 Å². The third-order valence-electron chi connectivity index (χ3n) is 5.16. The predicted octanol–water partition coefficient (Wildman–Crippen LogP) is 2.77. The van der Waals surface area contributed by atoms with Crippen LogP contribution in [0.25, 0.3) is 0 Å². The summed E-state index contributed by atoms with van der Waals surface area (Å²) >= 11 is 0. The van der Waals surface area contributed by atoms with Crippen LogP contribution in [0.4, 0.5) is 0 Å². The number of benzene rings is 1. The molecule has 1 fully saturated rings. The highest BCUT2D eigenvalue weighted by Gasteiger charge is 2.21. The van der Waals surface area contributed by atoms with Crippen LogP contribution in [0.15, 0.2) is 33.8 Å². The number of rotatable bonds is 7. The van der Waals surface area contributed by atoms with Gasteiger partial charge in [-0.3, -0.25) is 9.89 Å². The fraction of sp³-hybridized carbons (Fsp3) is 0.524. The number of methoxy groups -OCH3 is 2. The van der Waals surface area contributed by atoms with Crippen molar-refractivity contribution in [3.8, 4) is 11.5 Å². The molecule has 0 aliphatic carbocycles. The molecule has 8 nitrogen and oxygen atoms in total. The maximum atomic E-state index is 5.51. The monoisotopic (exact) mass is 529 g/mol. The molecule has 3 rings (SSSR count). The maximum absolute atomic E-state index is 5.51. The summed E-state index contributed by atoms with van der Waals surface area (Å²) in [5.74, 6) is 3.46. The first-order valence-electron chi connectivity index (χ1n) is 10.00. The summed E-state index contributed by atoms with van der Waals surface area (Å²) in [5, 5.41) is 7.41. The Morgan fingerprint density at radius 3 is 2.53 bits per heavy atom. The second-order valence-electron chi connectivity index (χ2n) is 6.98. The molecular weight excluding hydrogens is 497 g/mol. The number of hydrogen-bond acceptors (Lipinski definition) is 6. The Kier molecular flexibility index (Phi) is 9.70. The van der Waals surface area contributed by atoms with Gasteiger partial charge in [-0.25, -0.2) is 0 Å². The van der Waals surface area contributed by atoms with Crippen LogP contribution in [-0.4, -0.2) is 68.4 Å². The number of nitrogens with zero attached hydrogens (tertiary/aromatic N) is 4. The van der Waals surface area contributed by atoms with Gasteiger partial charge in [0.1, 0.15) is 11.5 Å². The molecular formula is C21H32IN5O3. The van der Waals surface area contributed by atoms with Crippen LogP contribution < -0.4 is 14.8 Å². The number of nitrogens with one attached hydrogen (secondary N) is 1. The SMILES string of the molecule is CCc1cc(CNC(=NC)N2CCN(Cc3cc(OC)ccc3OC)CC2)on1.I. The Labute approximate surface area is 195 Å². The molecule has 0 bridgehead atoms. The fourth-order valence-electron chi connectivity index (χ4n) is 3.47. The van der Waals surface area contributed by atoms with Crippen LogP contribution in [0, 0.1) is 0 Å². The highest BCUT2D eigenvalue weighted by molar-refractivity contribution is 14.0. The second kappa shape index (κ2) is 12.0. The van der Waals surface area contributed by atoms with Crippen molar-refractivity contribution in [1.29, 1.82) is 0 Å². The molecule has 0 saturated carbocycles. The summed E-state index contributed by atoms with van der Waals surface area (Å²) in [4.78, 5) is 9.12. The summed E-state index contributed by atoms with van der Waals surface area (Å²) in [5.41, 5.74) is 2.11. The van der Waals surface area contributed by atoms with Gasteiger partial charge in [0.25, 0.3) is 0 Å². The number of guanidine groups is 1. The van der Waals surface area contributed by atoms with Crippen LogP contribution in [0.2, 0.25) is 0 Å². The van der Waals surface area contributed by atoms with Crippen molar-refractivity contribution in [2.45, 2.75) is 26.4 Å². The van der Waals surface area contributed by atoms with E-state index in [1.165, 1.54) is 0 Å². The van der Waals surface area contributed by atoms with Crippen molar-refractivity contribution < 1.29 is 14.0 Å². The molecule has 0 amide bonds. The van der Waals surface area contributed by atoms with E-state index in [0.717, 1.165) is 73.6 Å². The number of aromatic nitrogens is 1. The zero-order chi connectivity index (χ0) is 20.6. The Bertz CT molecular complexity index is 819. The quantitative estimate of drug-likeness (QED) is 0.336. The van der Waals surface area contributed by atoms with E-state index in [2.05, 4.69) is 32.2 Å². The van der Waals surface area contributed by atoms with E-state index in [1.807, 2.05) is 31.3 Å². The van der Waals surface area contributed by atoms with Gasteiger partial charge in [-0.1, -0.05) is 12.1 Å². The van der Waals surface area contributed by atoms with E-state index < -0.39 is 0 Å².